The topological polar surface area (TPSA) is 123 Å². The van der Waals surface area contributed by atoms with Crippen molar-refractivity contribution in [3.8, 4) is 135 Å². The maximum Gasteiger partial charge on any atom is 0.217 e. The maximum absolute atomic E-state index is 5.82. The van der Waals surface area contributed by atoms with Gasteiger partial charge in [0, 0.05) is 88.6 Å². The van der Waals surface area contributed by atoms with Crippen LogP contribution in [0.2, 0.25) is 0 Å². The number of benzene rings is 9. The van der Waals surface area contributed by atoms with Gasteiger partial charge in [0.25, 0.3) is 0 Å². The SMILES string of the molecule is Cn1nc(-c2[c-]c(Oc3ccccn3)ccc2)cc1-c1ccc(-c2ccccc2)cc1.[Cl][Pd+].[Cl][Pd+].[Cl][Pd+].[c-]1c(Oc2ccccn2)cccc1-c1cc(-c2ccc(-c3ccccc3)cc2)on1.[c-]1c(Oc2ccccn2)cccc1-c1cc(-c2ccc(-c3ccccc3)cc2)sn1. The van der Waals surface area contributed by atoms with Gasteiger partial charge >= 0.3 is 83.1 Å². The summed E-state index contributed by atoms with van der Waals surface area (Å²) < 4.78 is 29.5. The minimum atomic E-state index is 0.519. The molecule has 6 aromatic heterocycles. The van der Waals surface area contributed by atoms with Crippen molar-refractivity contribution in [3.63, 3.8) is 0 Å². The Labute approximate surface area is 612 Å². The normalized spacial score (nSPS) is 10.2. The average molecular weight is 1620 g/mol. The summed E-state index contributed by atoms with van der Waals surface area (Å²) >= 11 is 8.15. The van der Waals surface area contributed by atoms with Crippen LogP contribution < -0.4 is 14.2 Å². The second kappa shape index (κ2) is 37.3. The van der Waals surface area contributed by atoms with E-state index >= 15 is 0 Å². The molecular formula is C79H54Cl3N7O4Pd3S. The van der Waals surface area contributed by atoms with Gasteiger partial charge in [-0.2, -0.15) is 0 Å². The number of rotatable bonds is 15. The Morgan fingerprint density at radius 3 is 1.12 bits per heavy atom. The van der Waals surface area contributed by atoms with Crippen LogP contribution >= 0.6 is 40.1 Å². The molecule has 15 rings (SSSR count). The third-order valence-electron chi connectivity index (χ3n) is 14.4. The number of aryl methyl sites for hydroxylation is 1. The van der Waals surface area contributed by atoms with Crippen LogP contribution in [0.1, 0.15) is 0 Å². The number of halogens is 3. The number of ether oxygens (including phenoxy) is 3. The van der Waals surface area contributed by atoms with Crippen molar-refractivity contribution >= 4 is 40.1 Å². The van der Waals surface area contributed by atoms with Crippen LogP contribution in [0.25, 0.3) is 100 Å². The molecule has 0 aliphatic carbocycles. The molecule has 0 spiro atoms. The van der Waals surface area contributed by atoms with Gasteiger partial charge in [0.2, 0.25) is 17.6 Å². The van der Waals surface area contributed by atoms with Gasteiger partial charge in [-0.05, 0) is 80.3 Å². The second-order valence-electron chi connectivity index (χ2n) is 20.6. The molecular weight excluding hydrogens is 1570 g/mol. The van der Waals surface area contributed by atoms with Crippen molar-refractivity contribution in [2.24, 2.45) is 7.05 Å². The van der Waals surface area contributed by atoms with Gasteiger partial charge in [0.15, 0.2) is 5.76 Å². The smallest absolute Gasteiger partial charge is 0.217 e. The first-order chi connectivity index (χ1) is 48.0. The fraction of sp³-hybridized carbons (Fsp3) is 0.0127. The summed E-state index contributed by atoms with van der Waals surface area (Å²) in [6.07, 6.45) is 5.09. The van der Waals surface area contributed by atoms with E-state index in [9.17, 15) is 0 Å². The van der Waals surface area contributed by atoms with E-state index in [0.29, 0.717) is 46.3 Å². The largest absolute Gasteiger partial charge is 0.459 e. The third-order valence-corrected chi connectivity index (χ3v) is 15.3. The molecule has 0 amide bonds. The average Bonchev–Trinajstić information content (AvgIpc) is 1.80. The number of hydrogen-bond donors (Lipinski definition) is 0. The Balaban J connectivity index is 0.000000152. The third kappa shape index (κ3) is 19.9. The number of aromatic nitrogens is 7. The molecule has 18 heteroatoms. The van der Waals surface area contributed by atoms with Gasteiger partial charge in [0.05, 0.1) is 5.69 Å². The number of pyridine rings is 3. The molecule has 9 aromatic carbocycles. The molecule has 0 saturated carbocycles. The zero-order chi connectivity index (χ0) is 67.4. The zero-order valence-corrected chi connectivity index (χ0v) is 58.9. The van der Waals surface area contributed by atoms with Crippen molar-refractivity contribution in [2.75, 3.05) is 0 Å². The molecule has 0 N–H and O–H groups in total. The van der Waals surface area contributed by atoms with Gasteiger partial charge in [-0.1, -0.05) is 212 Å². The molecule has 0 radical (unpaired) electrons. The Bertz CT molecular complexity index is 4600. The molecule has 0 aliphatic rings. The van der Waals surface area contributed by atoms with Crippen LogP contribution in [0.15, 0.2) is 314 Å². The van der Waals surface area contributed by atoms with Crippen molar-refractivity contribution in [2.45, 2.75) is 0 Å². The van der Waals surface area contributed by atoms with E-state index in [2.05, 4.69) is 259 Å². The predicted molar refractivity (Wildman–Crippen MR) is 378 cm³/mol. The molecule has 0 saturated heterocycles. The summed E-state index contributed by atoms with van der Waals surface area (Å²) in [5.74, 6) is 4.10. The van der Waals surface area contributed by atoms with Crippen molar-refractivity contribution in [1.82, 2.24) is 34.3 Å². The summed E-state index contributed by atoms with van der Waals surface area (Å²) in [5.41, 5.74) is 16.4. The first-order valence-electron chi connectivity index (χ1n) is 29.6. The Morgan fingerprint density at radius 1 is 0.351 bits per heavy atom. The van der Waals surface area contributed by atoms with E-state index in [0.717, 1.165) is 60.9 Å². The Morgan fingerprint density at radius 2 is 0.711 bits per heavy atom. The number of hydrogen-bond acceptors (Lipinski definition) is 11. The minimum absolute atomic E-state index is 0.519. The van der Waals surface area contributed by atoms with Gasteiger partial charge in [0.1, 0.15) is 0 Å². The minimum Gasteiger partial charge on any atom is -0.459 e. The van der Waals surface area contributed by atoms with Gasteiger partial charge in [-0.3, -0.25) is 4.68 Å². The predicted octanol–water partition coefficient (Wildman–Crippen LogP) is 22.3. The second-order valence-corrected chi connectivity index (χ2v) is 21.4. The summed E-state index contributed by atoms with van der Waals surface area (Å²) in [6, 6.07) is 106. The molecule has 486 valence electrons. The quantitative estimate of drug-likeness (QED) is 0.0724. The van der Waals surface area contributed by atoms with E-state index in [-0.39, 0.29) is 0 Å². The van der Waals surface area contributed by atoms with E-state index in [1.54, 1.807) is 24.7 Å². The Hall–Kier alpha value is -9.26. The van der Waals surface area contributed by atoms with Crippen LogP contribution in [0.5, 0.6) is 34.9 Å². The number of nitrogens with zero attached hydrogens (tertiary/aromatic N) is 7. The fourth-order valence-corrected chi connectivity index (χ4v) is 10.6. The Kier molecular flexibility index (Phi) is 27.1. The van der Waals surface area contributed by atoms with Crippen molar-refractivity contribution in [1.29, 1.82) is 0 Å². The standard InChI is InChI=1S/C27H20N3O.C26H17N2O2.C26H17N2OS.3ClH.3Pd/c1-30-26(22-15-13-21(14-16-22)20-8-3-2-4-9-20)19-25(29-30)23-10-7-11-24(18-23)31-27-12-5-6-17-28-27;2*1-2-7-19(8-3-1)20-12-14-21(15-13-20)25-18-24(28-30-25)22-9-6-10-23(17-22)29-26-11-4-5-16-27-26;;;;;;/h2-17,19H,1H3;2*1-16,18H;3*1H;;;/q3*-1;;;;3*+2/p-3. The molecule has 0 aliphatic heterocycles. The molecule has 0 atom stereocenters. The van der Waals surface area contributed by atoms with Gasteiger partial charge in [-0.15, -0.1) is 76.4 Å². The fourth-order valence-electron chi connectivity index (χ4n) is 9.86. The molecule has 11 nitrogen and oxygen atoms in total. The molecule has 15 aromatic rings. The molecule has 97 heavy (non-hydrogen) atoms. The first kappa shape index (κ1) is 70.5. The van der Waals surface area contributed by atoms with E-state index in [4.69, 9.17) is 23.8 Å². The van der Waals surface area contributed by atoms with Crippen molar-refractivity contribution < 1.29 is 73.3 Å². The van der Waals surface area contributed by atoms with Gasteiger partial charge < -0.3 is 18.7 Å². The van der Waals surface area contributed by atoms with Crippen molar-refractivity contribution in [3.05, 3.63) is 328 Å². The van der Waals surface area contributed by atoms with E-state index in [1.165, 1.54) is 39.3 Å². The monoisotopic (exact) mass is 1620 g/mol. The zero-order valence-electron chi connectivity index (χ0n) is 51.2. The van der Waals surface area contributed by atoms with E-state index < -0.39 is 0 Å². The molecule has 0 fully saturated rings. The van der Waals surface area contributed by atoms with Crippen LogP contribution in [-0.2, 0) is 61.6 Å². The van der Waals surface area contributed by atoms with Gasteiger partial charge in [-0.25, -0.2) is 24.4 Å². The first-order valence-corrected chi connectivity index (χ1v) is 36.4. The van der Waals surface area contributed by atoms with Crippen LogP contribution in [0.4, 0.5) is 0 Å². The molecule has 0 bridgehead atoms. The summed E-state index contributed by atoms with van der Waals surface area (Å²) in [7, 11) is 15.4. The van der Waals surface area contributed by atoms with Crippen LogP contribution in [0, 0.1) is 18.2 Å². The molecule has 0 unspecified atom stereocenters. The van der Waals surface area contributed by atoms with Crippen LogP contribution in [-0.4, -0.2) is 34.3 Å². The maximum atomic E-state index is 5.82. The van der Waals surface area contributed by atoms with Crippen LogP contribution in [0.3, 0.4) is 0 Å². The molecule has 6 heterocycles. The summed E-state index contributed by atoms with van der Waals surface area (Å²) in [6.45, 7) is 0. The van der Waals surface area contributed by atoms with E-state index in [1.807, 2.05) is 163 Å². The summed E-state index contributed by atoms with van der Waals surface area (Å²) in [4.78, 5) is 13.7. The summed E-state index contributed by atoms with van der Waals surface area (Å²) in [5, 5.41) is 8.91.